The summed E-state index contributed by atoms with van der Waals surface area (Å²) in [5.41, 5.74) is -1.84. The molecule has 2 N–H and O–H groups in total. The van der Waals surface area contributed by atoms with Gasteiger partial charge in [0.25, 0.3) is 5.35 Å². The lowest BCUT2D eigenvalue weighted by molar-refractivity contribution is -0.167. The van der Waals surface area contributed by atoms with Gasteiger partial charge >= 0.3 is 23.8 Å². The first kappa shape index (κ1) is 20.1. The maximum absolute atomic E-state index is 12.6. The Morgan fingerprint density at radius 2 is 1.54 bits per heavy atom. The standard InChI is InChI=1S/C5H2ClF2NO3.C5H2ClF2NO2S/c2*6-4-9-2(1-12-4)5(7,8)3(10)11/h2*1H,(H,10,11). The number of halogens is 6. The third-order valence-corrected chi connectivity index (χ3v) is 3.29. The summed E-state index contributed by atoms with van der Waals surface area (Å²) in [4.78, 5) is 26.1. The van der Waals surface area contributed by atoms with Crippen LogP contribution in [0.1, 0.15) is 11.4 Å². The van der Waals surface area contributed by atoms with Crippen molar-refractivity contribution in [1.29, 1.82) is 0 Å². The summed E-state index contributed by atoms with van der Waals surface area (Å²) < 4.78 is 54.3. The first-order chi connectivity index (χ1) is 10.9. The van der Waals surface area contributed by atoms with E-state index in [0.717, 1.165) is 16.7 Å². The van der Waals surface area contributed by atoms with Crippen molar-refractivity contribution < 1.29 is 41.8 Å². The zero-order chi connectivity index (χ0) is 18.7. The van der Waals surface area contributed by atoms with Gasteiger partial charge < -0.3 is 14.6 Å². The lowest BCUT2D eigenvalue weighted by Gasteiger charge is -2.05. The molecule has 2 aromatic rings. The highest BCUT2D eigenvalue weighted by molar-refractivity contribution is 7.14. The molecule has 0 aliphatic rings. The van der Waals surface area contributed by atoms with Crippen molar-refractivity contribution in [3.8, 4) is 0 Å². The van der Waals surface area contributed by atoms with Crippen LogP contribution in [0.2, 0.25) is 9.82 Å². The summed E-state index contributed by atoms with van der Waals surface area (Å²) in [6.07, 6.45) is 0.496. The molecule has 0 fully saturated rings. The number of hydrogen-bond donors (Lipinski definition) is 2. The molecular weight excluding hydrogens is 407 g/mol. The normalized spacial score (nSPS) is 11.6. The first-order valence-electron chi connectivity index (χ1n) is 5.34. The molecule has 0 saturated carbocycles. The summed E-state index contributed by atoms with van der Waals surface area (Å²) >= 11 is 11.1. The van der Waals surface area contributed by atoms with E-state index >= 15 is 0 Å². The molecule has 0 aromatic carbocycles. The van der Waals surface area contributed by atoms with Crippen LogP contribution in [0.25, 0.3) is 0 Å². The van der Waals surface area contributed by atoms with Crippen molar-refractivity contribution in [2.75, 3.05) is 0 Å². The van der Waals surface area contributed by atoms with Gasteiger partial charge in [0.1, 0.15) is 12.0 Å². The third kappa shape index (κ3) is 4.55. The number of oxazole rings is 1. The Labute approximate surface area is 143 Å². The lowest BCUT2D eigenvalue weighted by Crippen LogP contribution is -2.25. The van der Waals surface area contributed by atoms with E-state index in [1.165, 1.54) is 0 Å². The van der Waals surface area contributed by atoms with E-state index in [1.807, 2.05) is 0 Å². The number of nitrogens with zero attached hydrogens (tertiary/aromatic N) is 2. The smallest absolute Gasteiger partial charge is 0.387 e. The fourth-order valence-corrected chi connectivity index (χ4v) is 1.93. The second kappa shape index (κ2) is 7.32. The van der Waals surface area contributed by atoms with Gasteiger partial charge in [0.05, 0.1) is 0 Å². The van der Waals surface area contributed by atoms with Crippen LogP contribution in [0.15, 0.2) is 16.1 Å². The Hall–Kier alpha value is -1.92. The maximum atomic E-state index is 12.6. The van der Waals surface area contributed by atoms with E-state index in [4.69, 9.17) is 33.4 Å². The minimum atomic E-state index is -4.06. The van der Waals surface area contributed by atoms with E-state index in [9.17, 15) is 27.2 Å². The predicted octanol–water partition coefficient (Wildman–Crippen LogP) is 3.48. The van der Waals surface area contributed by atoms with Crippen LogP contribution in [0.4, 0.5) is 17.6 Å². The predicted molar refractivity (Wildman–Crippen MR) is 71.7 cm³/mol. The van der Waals surface area contributed by atoms with Crippen molar-refractivity contribution in [3.05, 3.63) is 32.8 Å². The van der Waals surface area contributed by atoms with Gasteiger partial charge in [-0.3, -0.25) is 0 Å². The van der Waals surface area contributed by atoms with Gasteiger partial charge in [-0.15, -0.1) is 11.3 Å². The zero-order valence-corrected chi connectivity index (χ0v) is 13.2. The number of alkyl halides is 4. The third-order valence-electron chi connectivity index (χ3n) is 2.13. The number of carboxylic acids is 2. The molecule has 0 spiro atoms. The monoisotopic (exact) mass is 410 g/mol. The van der Waals surface area contributed by atoms with E-state index in [1.54, 1.807) is 0 Å². The molecular formula is C10H4Cl2F4N2O5S. The SMILES string of the molecule is O=C(O)C(F)(F)c1coc(Cl)n1.O=C(O)C(F)(F)c1csc(Cl)n1. The Morgan fingerprint density at radius 1 is 1.04 bits per heavy atom. The average Bonchev–Trinajstić information content (AvgIpc) is 3.08. The van der Waals surface area contributed by atoms with Crippen LogP contribution >= 0.6 is 34.5 Å². The van der Waals surface area contributed by atoms with Crippen LogP contribution < -0.4 is 0 Å². The summed E-state index contributed by atoms with van der Waals surface area (Å²) in [7, 11) is 0. The Bertz CT molecular complexity index is 689. The number of aromatic nitrogens is 2. The fourth-order valence-electron chi connectivity index (χ4n) is 1.01. The number of hydrogen-bond acceptors (Lipinski definition) is 6. The van der Waals surface area contributed by atoms with Gasteiger partial charge in [0.15, 0.2) is 10.2 Å². The topological polar surface area (TPSA) is 114 Å². The van der Waals surface area contributed by atoms with E-state index in [2.05, 4.69) is 14.4 Å². The largest absolute Gasteiger partial charge is 0.476 e. The van der Waals surface area contributed by atoms with Gasteiger partial charge in [-0.2, -0.15) is 22.5 Å². The van der Waals surface area contributed by atoms with Crippen LogP contribution in [-0.2, 0) is 21.4 Å². The molecule has 0 aliphatic carbocycles. The number of rotatable bonds is 4. The quantitative estimate of drug-likeness (QED) is 0.741. The molecule has 0 saturated heterocycles. The molecule has 0 amide bonds. The highest BCUT2D eigenvalue weighted by Gasteiger charge is 2.44. The second-order valence-electron chi connectivity index (χ2n) is 3.73. The average molecular weight is 411 g/mol. The number of carboxylic acid groups (broad SMARTS) is 2. The molecule has 2 heterocycles. The Balaban J connectivity index is 0.000000240. The van der Waals surface area contributed by atoms with Crippen molar-refractivity contribution in [2.24, 2.45) is 0 Å². The highest BCUT2D eigenvalue weighted by atomic mass is 35.5. The second-order valence-corrected chi connectivity index (χ2v) is 5.49. The highest BCUT2D eigenvalue weighted by Crippen LogP contribution is 2.30. The van der Waals surface area contributed by atoms with Crippen LogP contribution in [0.3, 0.4) is 0 Å². The van der Waals surface area contributed by atoms with Gasteiger partial charge in [-0.05, 0) is 11.6 Å². The van der Waals surface area contributed by atoms with Gasteiger partial charge in [0.2, 0.25) is 0 Å². The number of thiazole rings is 1. The molecule has 2 aromatic heterocycles. The van der Waals surface area contributed by atoms with Gasteiger partial charge in [0, 0.05) is 5.38 Å². The summed E-state index contributed by atoms with van der Waals surface area (Å²) in [5, 5.41) is 16.5. The molecule has 0 atom stereocenters. The molecule has 7 nitrogen and oxygen atoms in total. The summed E-state index contributed by atoms with van der Waals surface area (Å²) in [6, 6.07) is 0. The Kier molecular flexibility index (Phi) is 6.14. The minimum absolute atomic E-state index is 0.106. The van der Waals surface area contributed by atoms with Gasteiger partial charge in [-0.25, -0.2) is 14.6 Å². The lowest BCUT2D eigenvalue weighted by atomic mass is 10.3. The maximum Gasteiger partial charge on any atom is 0.387 e. The van der Waals surface area contributed by atoms with Crippen LogP contribution in [0, 0.1) is 0 Å². The van der Waals surface area contributed by atoms with E-state index in [0.29, 0.717) is 6.26 Å². The molecule has 0 radical (unpaired) electrons. The fraction of sp³-hybridized carbons (Fsp3) is 0.200. The molecule has 132 valence electrons. The van der Waals surface area contributed by atoms with Crippen LogP contribution in [-0.4, -0.2) is 32.1 Å². The first-order valence-corrected chi connectivity index (χ1v) is 6.98. The molecule has 24 heavy (non-hydrogen) atoms. The van der Waals surface area contributed by atoms with Gasteiger partial charge in [-0.1, -0.05) is 11.6 Å². The summed E-state index contributed by atoms with van der Waals surface area (Å²) in [5.74, 6) is -12.5. The van der Waals surface area contributed by atoms with Crippen molar-refractivity contribution >= 4 is 46.5 Å². The minimum Gasteiger partial charge on any atom is -0.476 e. The molecule has 14 heteroatoms. The molecule has 0 bridgehead atoms. The van der Waals surface area contributed by atoms with E-state index < -0.39 is 40.5 Å². The van der Waals surface area contributed by atoms with Crippen molar-refractivity contribution in [2.45, 2.75) is 11.8 Å². The van der Waals surface area contributed by atoms with E-state index in [-0.39, 0.29) is 4.47 Å². The molecule has 0 aliphatic heterocycles. The molecule has 2 rings (SSSR count). The summed E-state index contributed by atoms with van der Waals surface area (Å²) in [6.45, 7) is 0. The van der Waals surface area contributed by atoms with Crippen molar-refractivity contribution in [1.82, 2.24) is 9.97 Å². The molecule has 0 unspecified atom stereocenters. The zero-order valence-electron chi connectivity index (χ0n) is 10.8. The Morgan fingerprint density at radius 3 is 1.88 bits per heavy atom. The number of carbonyl (C=O) groups is 2. The van der Waals surface area contributed by atoms with Crippen molar-refractivity contribution in [3.63, 3.8) is 0 Å². The number of aliphatic carboxylic acids is 2. The van der Waals surface area contributed by atoms with Crippen LogP contribution in [0.5, 0.6) is 0 Å².